The third-order valence-corrected chi connectivity index (χ3v) is 25.3. The van der Waals surface area contributed by atoms with Gasteiger partial charge in [0.15, 0.2) is 5.43 Å². The number of carbonyl (C=O) groups is 3. The average Bonchev–Trinajstić information content (AvgIpc) is 1.53. The molecule has 142 heavy (non-hydrogen) atoms. The Balaban J connectivity index is 0.000000142. The van der Waals surface area contributed by atoms with Gasteiger partial charge in [-0.25, -0.2) is 30.7 Å². The first-order valence-electron chi connectivity index (χ1n) is 45.8. The molecule has 0 saturated carbocycles. The Bertz CT molecular complexity index is 7900. The maximum absolute atomic E-state index is 14.6. The van der Waals surface area contributed by atoms with Gasteiger partial charge in [-0.1, -0.05) is 257 Å². The summed E-state index contributed by atoms with van der Waals surface area (Å²) in [4.78, 5) is 114. The molecule has 0 saturated heterocycles. The lowest BCUT2D eigenvalue weighted by Gasteiger charge is -2.26. The topological polar surface area (TPSA) is 274 Å². The van der Waals surface area contributed by atoms with Gasteiger partial charge in [0.2, 0.25) is 33.1 Å². The number of amides is 3. The van der Waals surface area contributed by atoms with Gasteiger partial charge in [0.05, 0.1) is 56.0 Å². The zero-order valence-corrected chi connectivity index (χ0v) is 82.9. The maximum atomic E-state index is 14.6. The summed E-state index contributed by atoms with van der Waals surface area (Å²) in [5, 5.41) is 2.38. The fourth-order valence-electron chi connectivity index (χ4n) is 16.0. The minimum Gasteiger partial charge on any atom is -0.461 e. The standard InChI is InChI=1S/C26H18FNO4.C18H14BrFO2.C18H16FNO2.C18H15FO2.C12H10BrFO2.C12H11FO2.C10H11BrFNO/c1-2-19(28-25(30)16-11-6-7-12-17(16)26(28)31)24-21(15-9-4-3-5-10-15)23(29)22-18(27)13-8-14-20(22)32-24;1-2-12(19)18-15(11-7-4-3-5-8-11)17(21)16-13(20)9-6-10-14(16)22-18;1-2-13(20)18-15(11-7-4-3-5-8-11)17(21)16-12(19)9-6-10-14(16)22-18;1-2-7-14-16(12-8-4-3-5-9-12)18(20)17-13(19)10-6-11-15(17)21-14;1-2-4-9-11(13)12(15)10-7(14)5-3-6-8(10)16-9;1-2-4-8-7-10(14)12-9(13)5-3-6-11(12)15-8;1-6(2)10(14)13-9-4-3-7(11)5-8(9)12/h3-14,19H,2H2,1H3;3-10,12H,2H2,1H3;3-10,13H,2,20H2,1H3;3-6,8-11H,2,7H2,1H3;3,5-6H,2,4H2,1H3;3,5-7H,2,4H2,1H3;3-6H,1-2H3,(H,13,14). The molecule has 1 aliphatic heterocycles. The van der Waals surface area contributed by atoms with Crippen LogP contribution in [-0.2, 0) is 24.1 Å². The van der Waals surface area contributed by atoms with Crippen molar-refractivity contribution in [3.63, 3.8) is 0 Å². The van der Waals surface area contributed by atoms with Crippen LogP contribution in [0.3, 0.4) is 0 Å². The first-order valence-corrected chi connectivity index (χ1v) is 48.3. The number of anilines is 1. The maximum Gasteiger partial charge on any atom is 0.262 e. The van der Waals surface area contributed by atoms with Crippen LogP contribution < -0.4 is 43.6 Å². The molecule has 12 aromatic carbocycles. The molecule has 18 aromatic rings. The molecule has 0 radical (unpaired) electrons. The van der Waals surface area contributed by atoms with Crippen LogP contribution >= 0.6 is 47.8 Å². The van der Waals surface area contributed by atoms with E-state index < -0.39 is 70.0 Å². The minimum absolute atomic E-state index is 0.000839. The molecule has 3 N–H and O–H groups in total. The molecular formula is C114H95Br3F7N3O15. The van der Waals surface area contributed by atoms with Gasteiger partial charge in [-0.15, -0.1) is 0 Å². The lowest BCUT2D eigenvalue weighted by atomic mass is 9.96. The quantitative estimate of drug-likeness (QED) is 0.0432. The number of rotatable bonds is 19. The van der Waals surface area contributed by atoms with Gasteiger partial charge in [0, 0.05) is 35.7 Å². The van der Waals surface area contributed by atoms with E-state index in [4.69, 9.17) is 32.2 Å². The van der Waals surface area contributed by atoms with E-state index in [2.05, 4.69) is 53.1 Å². The van der Waals surface area contributed by atoms with E-state index in [1.54, 1.807) is 136 Å². The van der Waals surface area contributed by atoms with E-state index >= 15 is 0 Å². The normalized spacial score (nSPS) is 12.1. The van der Waals surface area contributed by atoms with Gasteiger partial charge < -0.3 is 37.6 Å². The van der Waals surface area contributed by atoms with Crippen LogP contribution in [0.1, 0.15) is 166 Å². The molecule has 19 rings (SSSR count). The third-order valence-electron chi connectivity index (χ3n) is 22.9. The summed E-state index contributed by atoms with van der Waals surface area (Å²) in [5.74, 6) is -2.20. The predicted octanol–water partition coefficient (Wildman–Crippen LogP) is 29.1. The summed E-state index contributed by atoms with van der Waals surface area (Å²) in [5.41, 5.74) is 10.3. The number of alkyl halides is 1. The summed E-state index contributed by atoms with van der Waals surface area (Å²) in [6.45, 7) is 15.2. The highest BCUT2D eigenvalue weighted by molar-refractivity contribution is 9.10. The van der Waals surface area contributed by atoms with Crippen LogP contribution in [0.5, 0.6) is 0 Å². The fraction of sp³-hybridized carbons (Fsp3) is 0.184. The molecule has 3 atom stereocenters. The van der Waals surface area contributed by atoms with Crippen molar-refractivity contribution >= 4 is 137 Å². The SMILES string of the molecule is CC(C)C(=O)Nc1ccc(Br)cc1F.CCC(Br)c1oc2cccc(F)c2c(=O)c1-c1ccccc1.CCC(N)c1oc2cccc(F)c2c(=O)c1-c1ccccc1.CCC(c1oc2cccc(F)c2c(=O)c1-c1ccccc1)N1C(=O)c2ccccc2C1=O.CCCc1cc(=O)c2c(F)cccc2o1.CCCc1oc2cccc(F)c2c(=O)c1-c1ccccc1.CCCc1oc2cccc(F)c2c(=O)c1Br. The molecule has 18 nitrogen and oxygen atoms in total. The van der Waals surface area contributed by atoms with Crippen molar-refractivity contribution in [2.45, 2.75) is 130 Å². The van der Waals surface area contributed by atoms with Crippen molar-refractivity contribution in [2.75, 3.05) is 5.32 Å². The first kappa shape index (κ1) is 105. The van der Waals surface area contributed by atoms with Crippen LogP contribution in [0, 0.1) is 46.6 Å². The number of benzene rings is 12. The van der Waals surface area contributed by atoms with Crippen molar-refractivity contribution < 1.29 is 71.6 Å². The number of hydrogen-bond donors (Lipinski definition) is 2. The summed E-state index contributed by atoms with van der Waals surface area (Å²) in [6.07, 6.45) is 6.29. The predicted molar refractivity (Wildman–Crippen MR) is 553 cm³/mol. The highest BCUT2D eigenvalue weighted by atomic mass is 79.9. The van der Waals surface area contributed by atoms with Crippen molar-refractivity contribution in [1.29, 1.82) is 0 Å². The first-order chi connectivity index (χ1) is 68.4. The van der Waals surface area contributed by atoms with E-state index in [9.17, 15) is 73.9 Å². The Morgan fingerprint density at radius 1 is 0.352 bits per heavy atom. The molecular weight excluding hydrogens is 2020 g/mol. The lowest BCUT2D eigenvalue weighted by molar-refractivity contribution is -0.118. The summed E-state index contributed by atoms with van der Waals surface area (Å²) < 4.78 is 132. The summed E-state index contributed by atoms with van der Waals surface area (Å²) in [7, 11) is 0. The second kappa shape index (κ2) is 48.1. The van der Waals surface area contributed by atoms with Crippen LogP contribution in [0.2, 0.25) is 0 Å². The molecule has 0 aliphatic carbocycles. The second-order valence-electron chi connectivity index (χ2n) is 33.0. The van der Waals surface area contributed by atoms with Crippen LogP contribution in [0.15, 0.2) is 343 Å². The second-order valence-corrected chi connectivity index (χ2v) is 35.8. The molecule has 0 spiro atoms. The van der Waals surface area contributed by atoms with Gasteiger partial charge in [0.1, 0.15) is 146 Å². The Hall–Kier alpha value is -14.6. The van der Waals surface area contributed by atoms with E-state index in [1.807, 2.05) is 113 Å². The number of nitrogens with two attached hydrogens (primary N) is 1. The van der Waals surface area contributed by atoms with Gasteiger partial charge in [-0.3, -0.25) is 48.1 Å². The van der Waals surface area contributed by atoms with Gasteiger partial charge in [-0.2, -0.15) is 0 Å². The molecule has 1 aliphatic rings. The Labute approximate surface area is 835 Å². The minimum atomic E-state index is -0.835. The van der Waals surface area contributed by atoms with Crippen molar-refractivity contribution in [3.8, 4) is 44.5 Å². The summed E-state index contributed by atoms with van der Waals surface area (Å²) in [6, 6.07) is 73.8. The number of nitrogens with one attached hydrogen (secondary N) is 1. The number of carbonyl (C=O) groups excluding carboxylic acids is 3. The smallest absolute Gasteiger partial charge is 0.262 e. The van der Waals surface area contributed by atoms with Gasteiger partial charge in [-0.05, 0) is 180 Å². The number of halogens is 10. The number of hydrogen-bond acceptors (Lipinski definition) is 16. The van der Waals surface area contributed by atoms with Gasteiger partial charge >= 0.3 is 0 Å². The zero-order chi connectivity index (χ0) is 102. The molecule has 28 heteroatoms. The van der Waals surface area contributed by atoms with Crippen LogP contribution in [0.4, 0.5) is 36.4 Å². The van der Waals surface area contributed by atoms with Crippen molar-refractivity contribution in [3.05, 3.63) is 436 Å². The van der Waals surface area contributed by atoms with Crippen LogP contribution in [0.25, 0.3) is 110 Å². The van der Waals surface area contributed by atoms with E-state index in [-0.39, 0.29) is 110 Å². The van der Waals surface area contributed by atoms with Crippen molar-refractivity contribution in [2.24, 2.45) is 11.7 Å². The average molecular weight is 2120 g/mol. The number of imide groups is 1. The molecule has 6 aromatic heterocycles. The van der Waals surface area contributed by atoms with E-state index in [1.165, 1.54) is 84.9 Å². The third kappa shape index (κ3) is 23.3. The molecule has 7 heterocycles. The highest BCUT2D eigenvalue weighted by Gasteiger charge is 2.43. The van der Waals surface area contributed by atoms with Crippen molar-refractivity contribution in [1.82, 2.24) is 4.90 Å². The number of fused-ring (bicyclic) bond motifs is 7. The zero-order valence-electron chi connectivity index (χ0n) is 78.2. The lowest BCUT2D eigenvalue weighted by Crippen LogP contribution is -2.34. The number of aryl methyl sites for hydroxylation is 3. The Morgan fingerprint density at radius 3 is 1.09 bits per heavy atom. The van der Waals surface area contributed by atoms with Gasteiger partial charge in [0.25, 0.3) is 11.8 Å². The van der Waals surface area contributed by atoms with E-state index in [0.29, 0.717) is 126 Å². The Morgan fingerprint density at radius 2 is 0.697 bits per heavy atom. The summed E-state index contributed by atoms with van der Waals surface area (Å²) >= 11 is 9.85. The largest absolute Gasteiger partial charge is 0.461 e. The molecule has 0 bridgehead atoms. The van der Waals surface area contributed by atoms with E-state index in [0.717, 1.165) is 41.7 Å². The molecule has 3 unspecified atom stereocenters. The number of nitrogens with zero attached hydrogens (tertiary/aromatic N) is 1. The molecule has 726 valence electrons. The molecule has 0 fully saturated rings. The monoisotopic (exact) mass is 2120 g/mol. The Kier molecular flexibility index (Phi) is 35.5. The van der Waals surface area contributed by atoms with Crippen LogP contribution in [-0.4, -0.2) is 22.6 Å². The molecule has 3 amide bonds. The highest BCUT2D eigenvalue weighted by Crippen LogP contribution is 2.41. The fourth-order valence-corrected chi connectivity index (χ4v) is 17.1.